The van der Waals surface area contributed by atoms with Crippen LogP contribution in [0.15, 0.2) is 18.2 Å². The predicted octanol–water partition coefficient (Wildman–Crippen LogP) is 3.26. The average Bonchev–Trinajstić information content (AvgIpc) is 2.38. The topological polar surface area (TPSA) is 55.1 Å². The summed E-state index contributed by atoms with van der Waals surface area (Å²) in [6.45, 7) is 5.82. The third-order valence-corrected chi connectivity index (χ3v) is 3.74. The van der Waals surface area contributed by atoms with Gasteiger partial charge in [0.1, 0.15) is 5.82 Å². The molecule has 0 saturated carbocycles. The van der Waals surface area contributed by atoms with Gasteiger partial charge in [-0.15, -0.1) is 12.4 Å². The Bertz CT molecular complexity index is 425. The number of rotatable bonds is 5. The molecule has 0 radical (unpaired) electrons. The highest BCUT2D eigenvalue weighted by atomic mass is 35.5. The minimum atomic E-state index is -0.571. The monoisotopic (exact) mass is 288 g/mol. The smallest absolute Gasteiger partial charge is 0.231 e. The molecule has 3 nitrogen and oxygen atoms in total. The molecule has 0 aromatic heterocycles. The number of nitrogens with two attached hydrogens (primary N) is 1. The standard InChI is InChI=1S/C14H21FN2O.ClH/c1-4-14(5-2,9-16)13(18)17-12-8-6-7-11(15)10(12)3;/h6-8H,4-5,9,16H2,1-3H3,(H,17,18);1H. The number of nitrogens with one attached hydrogen (secondary N) is 1. The molecule has 1 amide bonds. The number of benzene rings is 1. The number of carbonyl (C=O) groups excluding carboxylic acids is 1. The molecule has 1 rings (SSSR count). The number of halogens is 2. The van der Waals surface area contributed by atoms with Crippen LogP contribution in [0.25, 0.3) is 0 Å². The van der Waals surface area contributed by atoms with Crippen molar-refractivity contribution in [2.75, 3.05) is 11.9 Å². The van der Waals surface area contributed by atoms with Gasteiger partial charge in [-0.3, -0.25) is 4.79 Å². The highest BCUT2D eigenvalue weighted by Gasteiger charge is 2.33. The Morgan fingerprint density at radius 1 is 1.37 bits per heavy atom. The summed E-state index contributed by atoms with van der Waals surface area (Å²) in [6.07, 6.45) is 1.33. The van der Waals surface area contributed by atoms with Gasteiger partial charge in [0.15, 0.2) is 0 Å². The van der Waals surface area contributed by atoms with Crippen LogP contribution in [-0.2, 0) is 4.79 Å². The molecule has 5 heteroatoms. The fourth-order valence-electron chi connectivity index (χ4n) is 1.95. The third kappa shape index (κ3) is 3.67. The van der Waals surface area contributed by atoms with Crippen LogP contribution in [0.3, 0.4) is 0 Å². The summed E-state index contributed by atoms with van der Waals surface area (Å²) in [5.74, 6) is -0.456. The van der Waals surface area contributed by atoms with E-state index in [0.717, 1.165) is 0 Å². The van der Waals surface area contributed by atoms with Crippen LogP contribution in [0.2, 0.25) is 0 Å². The van der Waals surface area contributed by atoms with E-state index in [1.807, 2.05) is 13.8 Å². The lowest BCUT2D eigenvalue weighted by Crippen LogP contribution is -2.41. The highest BCUT2D eigenvalue weighted by Crippen LogP contribution is 2.28. The number of carbonyl (C=O) groups is 1. The Balaban J connectivity index is 0.00000324. The molecular weight excluding hydrogens is 267 g/mol. The quantitative estimate of drug-likeness (QED) is 0.874. The van der Waals surface area contributed by atoms with E-state index in [4.69, 9.17) is 5.73 Å². The Morgan fingerprint density at radius 2 is 1.95 bits per heavy atom. The van der Waals surface area contributed by atoms with Crippen molar-refractivity contribution < 1.29 is 9.18 Å². The van der Waals surface area contributed by atoms with Crippen molar-refractivity contribution in [2.24, 2.45) is 11.1 Å². The van der Waals surface area contributed by atoms with Crippen LogP contribution < -0.4 is 11.1 Å². The van der Waals surface area contributed by atoms with Gasteiger partial charge in [-0.25, -0.2) is 4.39 Å². The van der Waals surface area contributed by atoms with Gasteiger partial charge >= 0.3 is 0 Å². The van der Waals surface area contributed by atoms with Crippen molar-refractivity contribution in [1.82, 2.24) is 0 Å². The van der Waals surface area contributed by atoms with Crippen molar-refractivity contribution in [3.63, 3.8) is 0 Å². The van der Waals surface area contributed by atoms with E-state index < -0.39 is 5.41 Å². The molecule has 0 aliphatic carbocycles. The second-order valence-corrected chi connectivity index (χ2v) is 4.56. The minimum Gasteiger partial charge on any atom is -0.329 e. The fourth-order valence-corrected chi connectivity index (χ4v) is 1.95. The van der Waals surface area contributed by atoms with Gasteiger partial charge in [-0.05, 0) is 31.9 Å². The first-order chi connectivity index (χ1) is 8.50. The van der Waals surface area contributed by atoms with Gasteiger partial charge < -0.3 is 11.1 Å². The second-order valence-electron chi connectivity index (χ2n) is 4.56. The first kappa shape index (κ1) is 17.9. The lowest BCUT2D eigenvalue weighted by atomic mass is 9.81. The summed E-state index contributed by atoms with van der Waals surface area (Å²) in [5, 5.41) is 2.79. The van der Waals surface area contributed by atoms with Gasteiger partial charge in [0, 0.05) is 17.8 Å². The van der Waals surface area contributed by atoms with E-state index in [-0.39, 0.29) is 24.1 Å². The molecule has 0 bridgehead atoms. The Labute approximate surface area is 120 Å². The van der Waals surface area contributed by atoms with Crippen LogP contribution in [-0.4, -0.2) is 12.5 Å². The zero-order valence-electron chi connectivity index (χ0n) is 11.6. The van der Waals surface area contributed by atoms with E-state index in [1.165, 1.54) is 6.07 Å². The number of amides is 1. The molecule has 108 valence electrons. The van der Waals surface area contributed by atoms with E-state index in [0.29, 0.717) is 30.6 Å². The largest absolute Gasteiger partial charge is 0.329 e. The normalized spacial score (nSPS) is 10.8. The van der Waals surface area contributed by atoms with Crippen molar-refractivity contribution in [2.45, 2.75) is 33.6 Å². The number of hydrogen-bond donors (Lipinski definition) is 2. The zero-order valence-corrected chi connectivity index (χ0v) is 12.4. The summed E-state index contributed by atoms with van der Waals surface area (Å²) in [5.41, 5.74) is 6.11. The summed E-state index contributed by atoms with van der Waals surface area (Å²) < 4.78 is 13.4. The van der Waals surface area contributed by atoms with E-state index in [2.05, 4.69) is 5.32 Å². The molecule has 1 aromatic rings. The number of hydrogen-bond acceptors (Lipinski definition) is 2. The van der Waals surface area contributed by atoms with Crippen molar-refractivity contribution >= 4 is 24.0 Å². The lowest BCUT2D eigenvalue weighted by molar-refractivity contribution is -0.125. The number of anilines is 1. The average molecular weight is 289 g/mol. The zero-order chi connectivity index (χ0) is 13.8. The van der Waals surface area contributed by atoms with Gasteiger partial charge in [0.25, 0.3) is 0 Å². The van der Waals surface area contributed by atoms with Crippen LogP contribution in [0.5, 0.6) is 0 Å². The summed E-state index contributed by atoms with van der Waals surface area (Å²) >= 11 is 0. The summed E-state index contributed by atoms with van der Waals surface area (Å²) in [4.78, 5) is 12.3. The summed E-state index contributed by atoms with van der Waals surface area (Å²) in [7, 11) is 0. The molecule has 0 saturated heterocycles. The molecular formula is C14H22ClFN2O. The van der Waals surface area contributed by atoms with E-state index >= 15 is 0 Å². The van der Waals surface area contributed by atoms with E-state index in [1.54, 1.807) is 19.1 Å². The Morgan fingerprint density at radius 3 is 2.42 bits per heavy atom. The van der Waals surface area contributed by atoms with Crippen LogP contribution in [0.1, 0.15) is 32.3 Å². The molecule has 0 heterocycles. The molecule has 1 aromatic carbocycles. The maximum atomic E-state index is 13.4. The SMILES string of the molecule is CCC(CC)(CN)C(=O)Nc1cccc(F)c1C.Cl. The van der Waals surface area contributed by atoms with Gasteiger partial charge in [0.05, 0.1) is 5.41 Å². The van der Waals surface area contributed by atoms with Gasteiger partial charge in [0.2, 0.25) is 5.91 Å². The Hall–Kier alpha value is -1.13. The van der Waals surface area contributed by atoms with Crippen molar-refractivity contribution in [3.05, 3.63) is 29.6 Å². The maximum absolute atomic E-state index is 13.4. The van der Waals surface area contributed by atoms with Gasteiger partial charge in [-0.1, -0.05) is 19.9 Å². The molecule has 0 fully saturated rings. The maximum Gasteiger partial charge on any atom is 0.231 e. The minimum absolute atomic E-state index is 0. The first-order valence-electron chi connectivity index (χ1n) is 6.27. The van der Waals surface area contributed by atoms with Crippen molar-refractivity contribution in [3.8, 4) is 0 Å². The Kier molecular flexibility index (Phi) is 7.01. The predicted molar refractivity (Wildman–Crippen MR) is 79.1 cm³/mol. The first-order valence-corrected chi connectivity index (χ1v) is 6.27. The molecule has 0 spiro atoms. The fraction of sp³-hybridized carbons (Fsp3) is 0.500. The molecule has 19 heavy (non-hydrogen) atoms. The molecule has 0 atom stereocenters. The lowest BCUT2D eigenvalue weighted by Gasteiger charge is -2.28. The highest BCUT2D eigenvalue weighted by molar-refractivity contribution is 5.96. The molecule has 0 unspecified atom stereocenters. The van der Waals surface area contributed by atoms with Crippen LogP contribution in [0.4, 0.5) is 10.1 Å². The summed E-state index contributed by atoms with van der Waals surface area (Å²) in [6, 6.07) is 4.66. The van der Waals surface area contributed by atoms with Gasteiger partial charge in [-0.2, -0.15) is 0 Å². The molecule has 0 aliphatic rings. The van der Waals surface area contributed by atoms with Crippen LogP contribution >= 0.6 is 12.4 Å². The van der Waals surface area contributed by atoms with Crippen molar-refractivity contribution in [1.29, 1.82) is 0 Å². The molecule has 3 N–H and O–H groups in total. The van der Waals surface area contributed by atoms with E-state index in [9.17, 15) is 9.18 Å². The second kappa shape index (κ2) is 7.46. The molecule has 0 aliphatic heterocycles. The third-order valence-electron chi connectivity index (χ3n) is 3.74. The van der Waals surface area contributed by atoms with Crippen LogP contribution in [0, 0.1) is 18.2 Å².